The van der Waals surface area contributed by atoms with Crippen molar-refractivity contribution in [2.45, 2.75) is 31.7 Å². The molecule has 27 heavy (non-hydrogen) atoms. The van der Waals surface area contributed by atoms with E-state index in [1.165, 1.54) is 22.5 Å². The van der Waals surface area contributed by atoms with Gasteiger partial charge in [0.25, 0.3) is 0 Å². The summed E-state index contributed by atoms with van der Waals surface area (Å²) < 4.78 is 0. The van der Waals surface area contributed by atoms with E-state index in [4.69, 9.17) is 23.2 Å². The number of aryl methyl sites for hydroxylation is 1. The van der Waals surface area contributed by atoms with Crippen LogP contribution in [-0.2, 0) is 17.6 Å². The van der Waals surface area contributed by atoms with E-state index < -0.39 is 0 Å². The van der Waals surface area contributed by atoms with Crippen LogP contribution in [0.2, 0.25) is 10.0 Å². The Kier molecular flexibility index (Phi) is 5.48. The zero-order valence-electron chi connectivity index (χ0n) is 14.5. The Bertz CT molecular complexity index is 966. The van der Waals surface area contributed by atoms with Crippen LogP contribution in [0, 0.1) is 0 Å². The molecule has 138 valence electrons. The van der Waals surface area contributed by atoms with Crippen molar-refractivity contribution in [1.82, 2.24) is 10.3 Å². The second-order valence-electron chi connectivity index (χ2n) is 6.63. The Morgan fingerprint density at radius 1 is 1.15 bits per heavy atom. The predicted molar refractivity (Wildman–Crippen MR) is 112 cm³/mol. The molecule has 1 atom stereocenters. The maximum absolute atomic E-state index is 12.6. The fourth-order valence-corrected chi connectivity index (χ4v) is 5.10. The number of amides is 1. The van der Waals surface area contributed by atoms with Crippen LogP contribution in [0.25, 0.3) is 10.6 Å². The first kappa shape index (κ1) is 18.5. The number of aromatic nitrogens is 1. The Morgan fingerprint density at radius 3 is 2.74 bits per heavy atom. The minimum atomic E-state index is -0.0150. The maximum atomic E-state index is 12.6. The number of halogens is 2. The van der Waals surface area contributed by atoms with Gasteiger partial charge in [0.1, 0.15) is 5.01 Å². The third kappa shape index (κ3) is 4.03. The topological polar surface area (TPSA) is 42.0 Å². The molecule has 0 spiro atoms. The molecule has 6 heteroatoms. The molecule has 1 aromatic heterocycles. The van der Waals surface area contributed by atoms with E-state index in [1.807, 2.05) is 11.4 Å². The molecule has 3 aromatic rings. The number of carbonyl (C=O) groups is 1. The first-order chi connectivity index (χ1) is 13.1. The predicted octanol–water partition coefficient (Wildman–Crippen LogP) is 5.85. The average molecular weight is 417 g/mol. The summed E-state index contributed by atoms with van der Waals surface area (Å²) in [6, 6.07) is 13.8. The van der Waals surface area contributed by atoms with E-state index in [-0.39, 0.29) is 18.4 Å². The molecule has 0 radical (unpaired) electrons. The number of carbonyl (C=O) groups excluding carboxylic acids is 1. The molecule has 1 amide bonds. The van der Waals surface area contributed by atoms with Crippen molar-refractivity contribution in [2.75, 3.05) is 0 Å². The fraction of sp³-hybridized carbons (Fsp3) is 0.238. The van der Waals surface area contributed by atoms with E-state index in [0.29, 0.717) is 10.0 Å². The molecule has 1 N–H and O–H groups in total. The third-order valence-corrected chi connectivity index (χ3v) is 6.31. The van der Waals surface area contributed by atoms with Gasteiger partial charge in [-0.3, -0.25) is 4.79 Å². The first-order valence-electron chi connectivity index (χ1n) is 8.88. The molecule has 1 aliphatic carbocycles. The SMILES string of the molecule is O=C(Cc1csc(-c2c(Cl)cccc2Cl)n1)N[C@@H]1CCCc2ccccc21. The van der Waals surface area contributed by atoms with Crippen LogP contribution in [-0.4, -0.2) is 10.9 Å². The zero-order valence-corrected chi connectivity index (χ0v) is 16.9. The van der Waals surface area contributed by atoms with Gasteiger partial charge >= 0.3 is 0 Å². The van der Waals surface area contributed by atoms with Gasteiger partial charge in [-0.2, -0.15) is 0 Å². The lowest BCUT2D eigenvalue weighted by Crippen LogP contribution is -2.32. The van der Waals surface area contributed by atoms with Gasteiger partial charge in [0.15, 0.2) is 0 Å². The Hall–Kier alpha value is -1.88. The molecule has 0 saturated heterocycles. The summed E-state index contributed by atoms with van der Waals surface area (Å²) in [7, 11) is 0. The van der Waals surface area contributed by atoms with Gasteiger partial charge in [0.2, 0.25) is 5.91 Å². The lowest BCUT2D eigenvalue weighted by atomic mass is 9.87. The van der Waals surface area contributed by atoms with Gasteiger partial charge < -0.3 is 5.32 Å². The number of fused-ring (bicyclic) bond motifs is 1. The van der Waals surface area contributed by atoms with Gasteiger partial charge in [-0.05, 0) is 42.5 Å². The summed E-state index contributed by atoms with van der Waals surface area (Å²) in [6.45, 7) is 0. The number of nitrogens with one attached hydrogen (secondary N) is 1. The lowest BCUT2D eigenvalue weighted by Gasteiger charge is -2.26. The van der Waals surface area contributed by atoms with Crippen LogP contribution in [0.5, 0.6) is 0 Å². The summed E-state index contributed by atoms with van der Waals surface area (Å²) in [5, 5.41) is 6.92. The number of rotatable bonds is 4. The monoisotopic (exact) mass is 416 g/mol. The molecule has 3 nitrogen and oxygen atoms in total. The number of hydrogen-bond acceptors (Lipinski definition) is 3. The van der Waals surface area contributed by atoms with E-state index in [2.05, 4.69) is 28.5 Å². The van der Waals surface area contributed by atoms with Crippen LogP contribution in [0.15, 0.2) is 47.8 Å². The van der Waals surface area contributed by atoms with Crippen LogP contribution < -0.4 is 5.32 Å². The Labute approximate surface area is 172 Å². The minimum Gasteiger partial charge on any atom is -0.349 e. The van der Waals surface area contributed by atoms with Crippen LogP contribution in [0.3, 0.4) is 0 Å². The molecule has 1 heterocycles. The summed E-state index contributed by atoms with van der Waals surface area (Å²) >= 11 is 14.0. The number of hydrogen-bond donors (Lipinski definition) is 1. The Balaban J connectivity index is 1.47. The average Bonchev–Trinajstić information content (AvgIpc) is 3.10. The largest absolute Gasteiger partial charge is 0.349 e. The molecule has 0 saturated carbocycles. The lowest BCUT2D eigenvalue weighted by molar-refractivity contribution is -0.121. The molecular formula is C21H18Cl2N2OS. The van der Waals surface area contributed by atoms with Crippen molar-refractivity contribution in [3.05, 3.63) is 74.7 Å². The van der Waals surface area contributed by atoms with E-state index in [9.17, 15) is 4.79 Å². The van der Waals surface area contributed by atoms with E-state index in [1.54, 1.807) is 18.2 Å². The van der Waals surface area contributed by atoms with Crippen molar-refractivity contribution in [3.8, 4) is 10.6 Å². The van der Waals surface area contributed by atoms with Gasteiger partial charge in [-0.15, -0.1) is 11.3 Å². The second kappa shape index (κ2) is 8.01. The highest BCUT2D eigenvalue weighted by atomic mass is 35.5. The van der Waals surface area contributed by atoms with Gasteiger partial charge in [-0.1, -0.05) is 53.5 Å². The minimum absolute atomic E-state index is 0.0150. The molecule has 0 unspecified atom stereocenters. The van der Waals surface area contributed by atoms with Crippen LogP contribution in [0.1, 0.15) is 35.7 Å². The smallest absolute Gasteiger partial charge is 0.226 e. The van der Waals surface area contributed by atoms with Crippen LogP contribution in [0.4, 0.5) is 0 Å². The second-order valence-corrected chi connectivity index (χ2v) is 8.30. The highest BCUT2D eigenvalue weighted by molar-refractivity contribution is 7.13. The highest BCUT2D eigenvalue weighted by Crippen LogP contribution is 2.36. The summed E-state index contributed by atoms with van der Waals surface area (Å²) in [4.78, 5) is 17.1. The summed E-state index contributed by atoms with van der Waals surface area (Å²) in [6.07, 6.45) is 3.39. The van der Waals surface area contributed by atoms with Crippen molar-refractivity contribution in [1.29, 1.82) is 0 Å². The Morgan fingerprint density at radius 2 is 1.93 bits per heavy atom. The maximum Gasteiger partial charge on any atom is 0.226 e. The molecule has 1 aliphatic rings. The molecule has 4 rings (SSSR count). The highest BCUT2D eigenvalue weighted by Gasteiger charge is 2.22. The van der Waals surface area contributed by atoms with Gasteiger partial charge in [0, 0.05) is 10.9 Å². The molecule has 0 aliphatic heterocycles. The zero-order chi connectivity index (χ0) is 18.8. The van der Waals surface area contributed by atoms with Crippen molar-refractivity contribution < 1.29 is 4.79 Å². The summed E-state index contributed by atoms with van der Waals surface area (Å²) in [5.41, 5.74) is 4.02. The standard InChI is InChI=1S/C21H18Cl2N2OS/c22-16-8-4-9-17(23)20(16)21-24-14(12-27-21)11-19(26)25-18-10-3-6-13-5-1-2-7-15(13)18/h1-2,4-5,7-9,12,18H,3,6,10-11H2,(H,25,26)/t18-/m1/s1. The number of benzene rings is 2. The van der Waals surface area contributed by atoms with Crippen molar-refractivity contribution in [2.24, 2.45) is 0 Å². The number of nitrogens with zero attached hydrogens (tertiary/aromatic N) is 1. The first-order valence-corrected chi connectivity index (χ1v) is 10.5. The van der Waals surface area contributed by atoms with Crippen molar-refractivity contribution >= 4 is 40.4 Å². The van der Waals surface area contributed by atoms with E-state index >= 15 is 0 Å². The summed E-state index contributed by atoms with van der Waals surface area (Å²) in [5.74, 6) is -0.0150. The number of thiazole rings is 1. The van der Waals surface area contributed by atoms with Crippen molar-refractivity contribution in [3.63, 3.8) is 0 Å². The normalized spacial score (nSPS) is 16.0. The molecule has 0 bridgehead atoms. The van der Waals surface area contributed by atoms with Gasteiger partial charge in [-0.25, -0.2) is 4.98 Å². The third-order valence-electron chi connectivity index (χ3n) is 4.77. The van der Waals surface area contributed by atoms with E-state index in [0.717, 1.165) is 35.5 Å². The molecule has 2 aromatic carbocycles. The molecular weight excluding hydrogens is 399 g/mol. The molecule has 0 fully saturated rings. The van der Waals surface area contributed by atoms with Gasteiger partial charge in [0.05, 0.1) is 28.2 Å². The quantitative estimate of drug-likeness (QED) is 0.578. The fourth-order valence-electron chi connectivity index (χ4n) is 3.52. The van der Waals surface area contributed by atoms with Crippen LogP contribution >= 0.6 is 34.5 Å².